The third-order valence-corrected chi connectivity index (χ3v) is 5.89. The number of nitrogens with zero attached hydrogens (tertiary/aromatic N) is 4. The van der Waals surface area contributed by atoms with E-state index in [1.807, 2.05) is 42.7 Å². The number of nitrogens with two attached hydrogens (primary N) is 1. The first-order valence-electron chi connectivity index (χ1n) is 10.4. The Hall–Kier alpha value is -3.24. The topological polar surface area (TPSA) is 87.9 Å². The molecule has 1 aliphatic rings. The summed E-state index contributed by atoms with van der Waals surface area (Å²) in [6.45, 7) is 6.21. The van der Waals surface area contributed by atoms with Crippen LogP contribution in [0, 0.1) is 11.3 Å². The quantitative estimate of drug-likeness (QED) is 0.694. The summed E-state index contributed by atoms with van der Waals surface area (Å²) in [7, 11) is 0. The Kier molecular flexibility index (Phi) is 5.06. The zero-order chi connectivity index (χ0) is 22.4. The van der Waals surface area contributed by atoms with Gasteiger partial charge in [0.15, 0.2) is 0 Å². The number of carbonyl (C=O) groups excluding carboxylic acids is 1. The zero-order valence-corrected chi connectivity index (χ0v) is 18.0. The van der Waals surface area contributed by atoms with Gasteiger partial charge >= 0.3 is 0 Å². The van der Waals surface area contributed by atoms with E-state index in [0.29, 0.717) is 42.7 Å². The minimum atomic E-state index is -1.21. The van der Waals surface area contributed by atoms with Crippen molar-refractivity contribution in [1.29, 1.82) is 5.26 Å². The Morgan fingerprint density at radius 3 is 2.45 bits per heavy atom. The monoisotopic (exact) mass is 419 g/mol. The number of nitriles is 1. The number of hydrogen-bond acceptors (Lipinski definition) is 4. The van der Waals surface area contributed by atoms with E-state index in [0.717, 1.165) is 16.8 Å². The van der Waals surface area contributed by atoms with Crippen LogP contribution >= 0.6 is 0 Å². The van der Waals surface area contributed by atoms with Crippen LogP contribution in [0.15, 0.2) is 42.6 Å². The number of carbonyl (C=O) groups is 1. The van der Waals surface area contributed by atoms with Crippen LogP contribution < -0.4 is 5.73 Å². The van der Waals surface area contributed by atoms with Crippen LogP contribution in [0.4, 0.5) is 4.39 Å². The fourth-order valence-corrected chi connectivity index (χ4v) is 3.99. The summed E-state index contributed by atoms with van der Waals surface area (Å²) in [6.07, 6.45) is 2.26. The maximum Gasteiger partial charge on any atom is 0.255 e. The average molecular weight is 420 g/mol. The number of benzene rings is 1. The number of fused-ring (bicyclic) bond motifs is 1. The van der Waals surface area contributed by atoms with Crippen molar-refractivity contribution in [2.45, 2.75) is 44.8 Å². The fraction of sp³-hybridized carbons (Fsp3) is 0.375. The van der Waals surface area contributed by atoms with Crippen LogP contribution in [0.2, 0.25) is 0 Å². The van der Waals surface area contributed by atoms with Gasteiger partial charge in [-0.3, -0.25) is 9.36 Å². The molecule has 4 rings (SSSR count). The largest absolute Gasteiger partial charge is 0.338 e. The molecule has 6 nitrogen and oxygen atoms in total. The van der Waals surface area contributed by atoms with E-state index in [9.17, 15) is 9.18 Å². The van der Waals surface area contributed by atoms with Crippen LogP contribution in [-0.2, 0) is 5.54 Å². The molecule has 31 heavy (non-hydrogen) atoms. The van der Waals surface area contributed by atoms with Gasteiger partial charge in [-0.05, 0) is 70.0 Å². The predicted octanol–water partition coefficient (Wildman–Crippen LogP) is 4.06. The van der Waals surface area contributed by atoms with Gasteiger partial charge in [-0.25, -0.2) is 9.37 Å². The highest BCUT2D eigenvalue weighted by atomic mass is 19.1. The predicted molar refractivity (Wildman–Crippen MR) is 118 cm³/mol. The minimum absolute atomic E-state index is 0.135. The maximum absolute atomic E-state index is 14.1. The van der Waals surface area contributed by atoms with Gasteiger partial charge in [-0.2, -0.15) is 5.26 Å². The zero-order valence-electron chi connectivity index (χ0n) is 18.0. The third-order valence-electron chi connectivity index (χ3n) is 5.89. The van der Waals surface area contributed by atoms with E-state index in [1.165, 1.54) is 0 Å². The molecule has 3 aromatic rings. The van der Waals surface area contributed by atoms with Crippen molar-refractivity contribution >= 4 is 16.9 Å². The summed E-state index contributed by atoms with van der Waals surface area (Å²) in [5, 5.41) is 9.89. The molecule has 0 bridgehead atoms. The van der Waals surface area contributed by atoms with Crippen molar-refractivity contribution in [2.24, 2.45) is 5.73 Å². The number of hydrogen-bond donors (Lipinski definition) is 1. The number of likely N-dealkylation sites (tertiary alicyclic amines) is 1. The molecule has 7 heteroatoms. The molecule has 1 amide bonds. The van der Waals surface area contributed by atoms with Crippen molar-refractivity contribution in [3.05, 3.63) is 59.4 Å². The van der Waals surface area contributed by atoms with Gasteiger partial charge in [0.25, 0.3) is 5.91 Å². The van der Waals surface area contributed by atoms with Crippen molar-refractivity contribution < 1.29 is 9.18 Å². The molecule has 160 valence electrons. The maximum atomic E-state index is 14.1. The lowest BCUT2D eigenvalue weighted by Crippen LogP contribution is -2.43. The van der Waals surface area contributed by atoms with Gasteiger partial charge in [0.2, 0.25) is 0 Å². The number of alkyl halides is 1. The second kappa shape index (κ2) is 7.47. The van der Waals surface area contributed by atoms with Gasteiger partial charge in [-0.1, -0.05) is 0 Å². The van der Waals surface area contributed by atoms with Crippen molar-refractivity contribution in [3.8, 4) is 11.8 Å². The molecule has 1 saturated heterocycles. The van der Waals surface area contributed by atoms with Crippen molar-refractivity contribution in [1.82, 2.24) is 14.5 Å². The Labute approximate surface area is 181 Å². The van der Waals surface area contributed by atoms with Gasteiger partial charge < -0.3 is 10.6 Å². The van der Waals surface area contributed by atoms with Gasteiger partial charge in [0.05, 0.1) is 22.7 Å². The van der Waals surface area contributed by atoms with Crippen molar-refractivity contribution in [2.75, 3.05) is 13.1 Å². The number of halogens is 1. The highest BCUT2D eigenvalue weighted by molar-refractivity contribution is 5.97. The van der Waals surface area contributed by atoms with Crippen LogP contribution in [0.25, 0.3) is 16.7 Å². The molecule has 1 aromatic carbocycles. The molecule has 0 radical (unpaired) electrons. The van der Waals surface area contributed by atoms with Crippen molar-refractivity contribution in [3.63, 3.8) is 0 Å². The van der Waals surface area contributed by atoms with Crippen LogP contribution in [-0.4, -0.2) is 39.1 Å². The highest BCUT2D eigenvalue weighted by Crippen LogP contribution is 2.31. The van der Waals surface area contributed by atoms with Crippen LogP contribution in [0.5, 0.6) is 0 Å². The molecule has 0 atom stereocenters. The van der Waals surface area contributed by atoms with Gasteiger partial charge in [-0.15, -0.1) is 0 Å². The second-order valence-electron chi connectivity index (χ2n) is 9.09. The smallest absolute Gasteiger partial charge is 0.255 e. The van der Waals surface area contributed by atoms with Gasteiger partial charge in [0, 0.05) is 36.1 Å². The molecule has 0 unspecified atom stereocenters. The van der Waals surface area contributed by atoms with E-state index >= 15 is 0 Å². The Balaban J connectivity index is 1.75. The first kappa shape index (κ1) is 21.0. The molecule has 0 aliphatic carbocycles. The SMILES string of the molecule is CC1(F)CCN(C(=O)c2cnc3c(c2)cc(C(C)(C)N)n3-c2ccc(C#N)cc2)CC1. The number of pyridine rings is 1. The molecular weight excluding hydrogens is 393 g/mol. The average Bonchev–Trinajstić information content (AvgIpc) is 3.12. The van der Waals surface area contributed by atoms with E-state index in [2.05, 4.69) is 11.1 Å². The van der Waals surface area contributed by atoms with Gasteiger partial charge in [0.1, 0.15) is 11.3 Å². The standard InChI is InChI=1S/C24H26FN5O/c1-23(2,27)20-13-17-12-18(22(31)29-10-8-24(3,25)9-11-29)15-28-21(17)30(20)19-6-4-16(14-26)5-7-19/h4-7,12-13,15H,8-11,27H2,1-3H3. The summed E-state index contributed by atoms with van der Waals surface area (Å²) in [4.78, 5) is 19.3. The number of aromatic nitrogens is 2. The van der Waals surface area contributed by atoms with Crippen LogP contribution in [0.1, 0.15) is 55.2 Å². The summed E-state index contributed by atoms with van der Waals surface area (Å²) in [6, 6.07) is 13.1. The molecule has 2 N–H and O–H groups in total. The lowest BCUT2D eigenvalue weighted by Gasteiger charge is -2.34. The Morgan fingerprint density at radius 1 is 1.23 bits per heavy atom. The lowest BCUT2D eigenvalue weighted by atomic mass is 9.95. The van der Waals surface area contributed by atoms with Crippen LogP contribution in [0.3, 0.4) is 0 Å². The first-order valence-corrected chi connectivity index (χ1v) is 10.4. The first-order chi connectivity index (χ1) is 14.6. The van der Waals surface area contributed by atoms with E-state index < -0.39 is 11.2 Å². The molecule has 2 aromatic heterocycles. The Bertz CT molecular complexity index is 1170. The van der Waals surface area contributed by atoms with E-state index in [4.69, 9.17) is 11.0 Å². The fourth-order valence-electron chi connectivity index (χ4n) is 3.99. The molecule has 1 fully saturated rings. The molecular formula is C24H26FN5O. The molecule has 3 heterocycles. The normalized spacial score (nSPS) is 16.3. The van der Waals surface area contributed by atoms with E-state index in [1.54, 1.807) is 30.2 Å². The summed E-state index contributed by atoms with van der Waals surface area (Å²) < 4.78 is 16.1. The summed E-state index contributed by atoms with van der Waals surface area (Å²) in [5.74, 6) is -0.135. The minimum Gasteiger partial charge on any atom is -0.338 e. The van der Waals surface area contributed by atoms with E-state index in [-0.39, 0.29) is 5.91 Å². The number of amides is 1. The lowest BCUT2D eigenvalue weighted by molar-refractivity contribution is 0.0504. The molecule has 0 spiro atoms. The third kappa shape index (κ3) is 4.04. The molecule has 0 saturated carbocycles. The number of rotatable bonds is 3. The highest BCUT2D eigenvalue weighted by Gasteiger charge is 2.32. The summed E-state index contributed by atoms with van der Waals surface area (Å²) >= 11 is 0. The molecule has 1 aliphatic heterocycles. The second-order valence-corrected chi connectivity index (χ2v) is 9.09. The summed E-state index contributed by atoms with van der Waals surface area (Å²) in [5.41, 5.74) is 8.00. The Morgan fingerprint density at radius 2 is 1.87 bits per heavy atom. The number of piperidine rings is 1.